The van der Waals surface area contributed by atoms with E-state index in [2.05, 4.69) is 19.9 Å². The van der Waals surface area contributed by atoms with E-state index in [1.807, 2.05) is 0 Å². The summed E-state index contributed by atoms with van der Waals surface area (Å²) in [7, 11) is 0. The van der Waals surface area contributed by atoms with Crippen molar-refractivity contribution >= 4 is 0 Å². The van der Waals surface area contributed by atoms with E-state index in [1.165, 1.54) is 24.8 Å². The molecule has 0 aliphatic carbocycles. The van der Waals surface area contributed by atoms with E-state index in [-0.39, 0.29) is 6.61 Å². The van der Waals surface area contributed by atoms with Crippen LogP contribution in [0.5, 0.6) is 0 Å². The van der Waals surface area contributed by atoms with Gasteiger partial charge in [0.1, 0.15) is 0 Å². The fraction of sp³-hybridized carbons (Fsp3) is 0.778. The van der Waals surface area contributed by atoms with E-state index >= 15 is 0 Å². The van der Waals surface area contributed by atoms with Gasteiger partial charge in [0.05, 0.1) is 0 Å². The second-order valence-corrected chi connectivity index (χ2v) is 2.67. The van der Waals surface area contributed by atoms with Crippen LogP contribution < -0.4 is 0 Å². The minimum absolute atomic E-state index is 0.286. The van der Waals surface area contributed by atoms with Crippen LogP contribution >= 0.6 is 0 Å². The first kappa shape index (κ1) is 9.70. The van der Waals surface area contributed by atoms with E-state index in [0.29, 0.717) is 0 Å². The Labute approximate surface area is 63.8 Å². The summed E-state index contributed by atoms with van der Waals surface area (Å²) in [5.41, 5.74) is 1.32. The molecule has 0 radical (unpaired) electrons. The molecule has 0 rings (SSSR count). The number of rotatable bonds is 5. The smallest absolute Gasteiger partial charge is 0.0468 e. The molecular weight excluding hydrogens is 124 g/mol. The van der Waals surface area contributed by atoms with Crippen LogP contribution in [0.25, 0.3) is 0 Å². The van der Waals surface area contributed by atoms with Crippen molar-refractivity contribution in [3.63, 3.8) is 0 Å². The first-order valence-electron chi connectivity index (χ1n) is 4.07. The third kappa shape index (κ3) is 5.83. The summed E-state index contributed by atoms with van der Waals surface area (Å²) < 4.78 is 0. The van der Waals surface area contributed by atoms with Crippen LogP contribution in [0.4, 0.5) is 0 Å². The first-order valence-corrected chi connectivity index (χ1v) is 4.07. The number of aliphatic hydroxyl groups is 1. The third-order valence-electron chi connectivity index (χ3n) is 1.56. The number of hydrogen-bond donors (Lipinski definition) is 1. The van der Waals surface area contributed by atoms with E-state index in [9.17, 15) is 0 Å². The second-order valence-electron chi connectivity index (χ2n) is 2.67. The van der Waals surface area contributed by atoms with Gasteiger partial charge in [-0.05, 0) is 19.8 Å². The summed E-state index contributed by atoms with van der Waals surface area (Å²) in [6, 6.07) is 0. The summed E-state index contributed by atoms with van der Waals surface area (Å²) in [4.78, 5) is 0. The molecule has 0 aromatic rings. The molecular formula is C9H18O. The summed E-state index contributed by atoms with van der Waals surface area (Å²) in [6.45, 7) is 4.55. The molecule has 0 amide bonds. The van der Waals surface area contributed by atoms with Crippen LogP contribution in [0.2, 0.25) is 0 Å². The zero-order chi connectivity index (χ0) is 7.82. The topological polar surface area (TPSA) is 20.2 Å². The maximum absolute atomic E-state index is 8.55. The minimum Gasteiger partial charge on any atom is -0.396 e. The number of allylic oxidation sites excluding steroid dienone is 1. The average molecular weight is 142 g/mol. The lowest BCUT2D eigenvalue weighted by Gasteiger charge is -1.95. The Kier molecular flexibility index (Phi) is 6.61. The molecule has 0 aliphatic rings. The normalized spacial score (nSPS) is 12.1. The Hall–Kier alpha value is -0.300. The third-order valence-corrected chi connectivity index (χ3v) is 1.56. The van der Waals surface area contributed by atoms with Gasteiger partial charge in [0.2, 0.25) is 0 Å². The Morgan fingerprint density at radius 2 is 2.20 bits per heavy atom. The molecule has 0 saturated heterocycles. The fourth-order valence-corrected chi connectivity index (χ4v) is 0.831. The maximum atomic E-state index is 8.55. The van der Waals surface area contributed by atoms with Crippen molar-refractivity contribution in [1.82, 2.24) is 0 Å². The van der Waals surface area contributed by atoms with Gasteiger partial charge in [-0.2, -0.15) is 0 Å². The first-order chi connectivity index (χ1) is 4.81. The SMILES string of the molecule is CCCC/C=C(/C)CCO. The molecule has 1 heteroatoms. The molecule has 0 aromatic carbocycles. The Bertz CT molecular complexity index is 94.9. The molecule has 10 heavy (non-hydrogen) atoms. The van der Waals surface area contributed by atoms with Gasteiger partial charge in [-0.15, -0.1) is 0 Å². The molecule has 0 heterocycles. The number of hydrogen-bond acceptors (Lipinski definition) is 1. The van der Waals surface area contributed by atoms with Gasteiger partial charge >= 0.3 is 0 Å². The van der Waals surface area contributed by atoms with Crippen LogP contribution in [0.15, 0.2) is 11.6 Å². The monoisotopic (exact) mass is 142 g/mol. The molecule has 0 saturated carbocycles. The van der Waals surface area contributed by atoms with E-state index in [0.717, 1.165) is 6.42 Å². The summed E-state index contributed by atoms with van der Waals surface area (Å²) in [6.07, 6.45) is 6.75. The molecule has 1 N–H and O–H groups in total. The molecule has 60 valence electrons. The molecule has 0 unspecified atom stereocenters. The highest BCUT2D eigenvalue weighted by molar-refractivity contribution is 4.97. The van der Waals surface area contributed by atoms with Gasteiger partial charge < -0.3 is 5.11 Å². The Morgan fingerprint density at radius 1 is 1.50 bits per heavy atom. The molecule has 0 atom stereocenters. The fourth-order valence-electron chi connectivity index (χ4n) is 0.831. The van der Waals surface area contributed by atoms with Gasteiger partial charge in [0, 0.05) is 6.61 Å². The molecule has 0 bridgehead atoms. The largest absolute Gasteiger partial charge is 0.396 e. The average Bonchev–Trinajstić information content (AvgIpc) is 1.89. The second kappa shape index (κ2) is 6.81. The zero-order valence-electron chi connectivity index (χ0n) is 7.06. The molecule has 0 spiro atoms. The highest BCUT2D eigenvalue weighted by Crippen LogP contribution is 2.03. The lowest BCUT2D eigenvalue weighted by atomic mass is 10.1. The van der Waals surface area contributed by atoms with Gasteiger partial charge in [0.25, 0.3) is 0 Å². The van der Waals surface area contributed by atoms with Crippen LogP contribution in [0.3, 0.4) is 0 Å². The van der Waals surface area contributed by atoms with Crippen LogP contribution in [-0.4, -0.2) is 11.7 Å². The molecule has 0 fully saturated rings. The summed E-state index contributed by atoms with van der Waals surface area (Å²) in [5, 5.41) is 8.55. The Balaban J connectivity index is 3.28. The van der Waals surface area contributed by atoms with Crippen molar-refractivity contribution in [2.75, 3.05) is 6.61 Å². The zero-order valence-corrected chi connectivity index (χ0v) is 7.06. The highest BCUT2D eigenvalue weighted by Gasteiger charge is 1.86. The van der Waals surface area contributed by atoms with E-state index in [1.54, 1.807) is 0 Å². The van der Waals surface area contributed by atoms with Gasteiger partial charge in [-0.3, -0.25) is 0 Å². The minimum atomic E-state index is 0.286. The van der Waals surface area contributed by atoms with Crippen molar-refractivity contribution in [2.24, 2.45) is 0 Å². The van der Waals surface area contributed by atoms with E-state index in [4.69, 9.17) is 5.11 Å². The highest BCUT2D eigenvalue weighted by atomic mass is 16.2. The lowest BCUT2D eigenvalue weighted by molar-refractivity contribution is 0.299. The van der Waals surface area contributed by atoms with Crippen molar-refractivity contribution < 1.29 is 5.11 Å². The summed E-state index contributed by atoms with van der Waals surface area (Å²) in [5.74, 6) is 0. The van der Waals surface area contributed by atoms with Crippen molar-refractivity contribution in [2.45, 2.75) is 39.5 Å². The predicted octanol–water partition coefficient (Wildman–Crippen LogP) is 2.51. The Morgan fingerprint density at radius 3 is 2.70 bits per heavy atom. The molecule has 0 aromatic heterocycles. The van der Waals surface area contributed by atoms with Crippen LogP contribution in [0, 0.1) is 0 Å². The molecule has 0 aliphatic heterocycles. The lowest BCUT2D eigenvalue weighted by Crippen LogP contribution is -1.83. The van der Waals surface area contributed by atoms with Gasteiger partial charge in [0.15, 0.2) is 0 Å². The number of aliphatic hydroxyl groups excluding tert-OH is 1. The van der Waals surface area contributed by atoms with Crippen LogP contribution in [0.1, 0.15) is 39.5 Å². The standard InChI is InChI=1S/C9H18O/c1-3-4-5-6-9(2)7-8-10/h6,10H,3-5,7-8H2,1-2H3/b9-6-. The maximum Gasteiger partial charge on any atom is 0.0468 e. The predicted molar refractivity (Wildman–Crippen MR) is 45.0 cm³/mol. The van der Waals surface area contributed by atoms with Crippen molar-refractivity contribution in [1.29, 1.82) is 0 Å². The molecule has 1 nitrogen and oxygen atoms in total. The van der Waals surface area contributed by atoms with Gasteiger partial charge in [-0.25, -0.2) is 0 Å². The number of unbranched alkanes of at least 4 members (excludes halogenated alkanes) is 2. The summed E-state index contributed by atoms with van der Waals surface area (Å²) >= 11 is 0. The van der Waals surface area contributed by atoms with E-state index < -0.39 is 0 Å². The van der Waals surface area contributed by atoms with Crippen molar-refractivity contribution in [3.8, 4) is 0 Å². The van der Waals surface area contributed by atoms with Gasteiger partial charge in [-0.1, -0.05) is 31.4 Å². The van der Waals surface area contributed by atoms with Crippen molar-refractivity contribution in [3.05, 3.63) is 11.6 Å². The quantitative estimate of drug-likeness (QED) is 0.462. The van der Waals surface area contributed by atoms with Crippen LogP contribution in [-0.2, 0) is 0 Å².